The number of H-pyrrole nitrogens is 1. The Morgan fingerprint density at radius 2 is 2.18 bits per heavy atom. The van der Waals surface area contributed by atoms with E-state index in [0.29, 0.717) is 13.2 Å². The fourth-order valence-electron chi connectivity index (χ4n) is 3.77. The highest BCUT2D eigenvalue weighted by Gasteiger charge is 2.23. The number of fused-ring (bicyclic) bond motifs is 1. The number of aryl methyl sites for hydroxylation is 1. The predicted molar refractivity (Wildman–Crippen MR) is 107 cm³/mol. The van der Waals surface area contributed by atoms with Crippen LogP contribution in [0.5, 0.6) is 0 Å². The first-order chi connectivity index (χ1) is 13.7. The highest BCUT2D eigenvalue weighted by molar-refractivity contribution is 6.01. The van der Waals surface area contributed by atoms with E-state index in [0.717, 1.165) is 45.9 Å². The summed E-state index contributed by atoms with van der Waals surface area (Å²) in [7, 11) is 2.00. The van der Waals surface area contributed by atoms with Gasteiger partial charge in [0.2, 0.25) is 0 Å². The maximum atomic E-state index is 5.62. The van der Waals surface area contributed by atoms with Gasteiger partial charge in [0.05, 0.1) is 43.2 Å². The Bertz CT molecular complexity index is 1120. The van der Waals surface area contributed by atoms with Crippen molar-refractivity contribution in [1.29, 1.82) is 0 Å². The molecule has 4 aromatic rings. The Labute approximate surface area is 162 Å². The zero-order valence-corrected chi connectivity index (χ0v) is 15.8. The highest BCUT2D eigenvalue weighted by Crippen LogP contribution is 2.35. The molecule has 1 fully saturated rings. The van der Waals surface area contributed by atoms with E-state index < -0.39 is 0 Å². The van der Waals surface area contributed by atoms with Gasteiger partial charge in [-0.05, 0) is 25.1 Å². The second-order valence-electron chi connectivity index (χ2n) is 7.06. The molecule has 8 nitrogen and oxygen atoms in total. The van der Waals surface area contributed by atoms with E-state index in [4.69, 9.17) is 9.72 Å². The molecule has 28 heavy (non-hydrogen) atoms. The van der Waals surface area contributed by atoms with Crippen molar-refractivity contribution in [3.63, 3.8) is 0 Å². The molecule has 0 unspecified atom stereocenters. The van der Waals surface area contributed by atoms with Gasteiger partial charge in [0.1, 0.15) is 17.0 Å². The maximum Gasteiger partial charge on any atom is 0.130 e. The van der Waals surface area contributed by atoms with Crippen molar-refractivity contribution in [1.82, 2.24) is 29.7 Å². The summed E-state index contributed by atoms with van der Waals surface area (Å²) in [6.07, 6.45) is 7.25. The first-order valence-corrected chi connectivity index (χ1v) is 9.33. The smallest absolute Gasteiger partial charge is 0.130 e. The van der Waals surface area contributed by atoms with Gasteiger partial charge in [-0.2, -0.15) is 5.10 Å². The third kappa shape index (κ3) is 2.73. The summed E-state index contributed by atoms with van der Waals surface area (Å²) in [4.78, 5) is 16.2. The van der Waals surface area contributed by atoms with Crippen LogP contribution in [0.2, 0.25) is 0 Å². The number of nitrogens with zero attached hydrogens (tertiary/aromatic N) is 6. The van der Waals surface area contributed by atoms with Crippen molar-refractivity contribution >= 4 is 16.7 Å². The zero-order valence-electron chi connectivity index (χ0n) is 15.8. The van der Waals surface area contributed by atoms with Gasteiger partial charge in [-0.1, -0.05) is 0 Å². The van der Waals surface area contributed by atoms with Crippen molar-refractivity contribution in [2.24, 2.45) is 7.05 Å². The number of hydrogen-bond acceptors (Lipinski definition) is 6. The van der Waals surface area contributed by atoms with Crippen LogP contribution in [0.3, 0.4) is 0 Å². The fraction of sp³-hybridized carbons (Fsp3) is 0.300. The Hall–Kier alpha value is -3.26. The Morgan fingerprint density at radius 1 is 1.25 bits per heavy atom. The Morgan fingerprint density at radius 3 is 2.93 bits per heavy atom. The molecule has 1 aliphatic heterocycles. The normalized spacial score (nSPS) is 17.4. The molecule has 0 spiro atoms. The van der Waals surface area contributed by atoms with Gasteiger partial charge in [-0.15, -0.1) is 0 Å². The highest BCUT2D eigenvalue weighted by atomic mass is 16.5. The molecule has 0 radical (unpaired) electrons. The third-order valence-corrected chi connectivity index (χ3v) is 5.22. The summed E-state index contributed by atoms with van der Waals surface area (Å²) in [5.74, 6) is 0.924. The summed E-state index contributed by atoms with van der Waals surface area (Å²) in [5, 5.41) is 8.13. The molecule has 0 saturated carbocycles. The van der Waals surface area contributed by atoms with Gasteiger partial charge in [-0.3, -0.25) is 10.1 Å². The molecular weight excluding hydrogens is 354 g/mol. The number of anilines is 1. The number of pyridine rings is 2. The lowest BCUT2D eigenvalue weighted by Crippen LogP contribution is -2.44. The maximum absolute atomic E-state index is 5.62. The monoisotopic (exact) mass is 375 g/mol. The van der Waals surface area contributed by atoms with E-state index >= 15 is 0 Å². The van der Waals surface area contributed by atoms with Crippen LogP contribution in [0.4, 0.5) is 5.82 Å². The van der Waals surface area contributed by atoms with E-state index in [1.165, 1.54) is 0 Å². The summed E-state index contributed by atoms with van der Waals surface area (Å²) in [5.41, 5.74) is 4.61. The minimum absolute atomic E-state index is 0.255. The number of aromatic nitrogens is 6. The van der Waals surface area contributed by atoms with E-state index in [1.807, 2.05) is 42.5 Å². The average Bonchev–Trinajstić information content (AvgIpc) is 3.39. The van der Waals surface area contributed by atoms with Crippen molar-refractivity contribution in [2.45, 2.75) is 13.0 Å². The second-order valence-corrected chi connectivity index (χ2v) is 7.06. The average molecular weight is 375 g/mol. The van der Waals surface area contributed by atoms with E-state index in [-0.39, 0.29) is 6.04 Å². The standard InChI is InChI=1S/C20H21N7O/c1-13-11-28-8-7-27(13)18-9-15(17-10-21-12-26(17)2)14-3-5-22-20(19(14)24-18)16-4-6-23-25-16/h3-6,9-10,12-13H,7-8,11H2,1-2H3,(H,23,25)/t13-/m1/s1. The third-order valence-electron chi connectivity index (χ3n) is 5.22. The molecule has 1 atom stereocenters. The van der Waals surface area contributed by atoms with Crippen LogP contribution in [0.15, 0.2) is 43.1 Å². The molecule has 0 aliphatic carbocycles. The SMILES string of the molecule is C[C@@H]1COCCN1c1cc(-c2cncn2C)c2ccnc(-c3ccn[nH]3)c2n1. The minimum atomic E-state index is 0.255. The Balaban J connectivity index is 1.79. The molecule has 4 aromatic heterocycles. The van der Waals surface area contributed by atoms with E-state index in [2.05, 4.69) is 38.1 Å². The van der Waals surface area contributed by atoms with E-state index in [9.17, 15) is 0 Å². The van der Waals surface area contributed by atoms with Gasteiger partial charge in [0, 0.05) is 36.9 Å². The fourth-order valence-corrected chi connectivity index (χ4v) is 3.77. The summed E-state index contributed by atoms with van der Waals surface area (Å²) in [6, 6.07) is 6.33. The number of ether oxygens (including phenoxy) is 1. The molecule has 5 rings (SSSR count). The first kappa shape index (κ1) is 16.9. The van der Waals surface area contributed by atoms with Gasteiger partial charge in [-0.25, -0.2) is 9.97 Å². The Kier molecular flexibility index (Phi) is 4.05. The number of aromatic amines is 1. The number of morpholine rings is 1. The van der Waals surface area contributed by atoms with Crippen molar-refractivity contribution in [3.05, 3.63) is 43.1 Å². The van der Waals surface area contributed by atoms with Crippen LogP contribution >= 0.6 is 0 Å². The van der Waals surface area contributed by atoms with Gasteiger partial charge in [0.15, 0.2) is 0 Å². The topological polar surface area (TPSA) is 84.8 Å². The lowest BCUT2D eigenvalue weighted by atomic mass is 10.0. The largest absolute Gasteiger partial charge is 0.377 e. The zero-order chi connectivity index (χ0) is 19.1. The lowest BCUT2D eigenvalue weighted by Gasteiger charge is -2.34. The molecular formula is C20H21N7O. The number of nitrogens with one attached hydrogen (secondary N) is 1. The second kappa shape index (κ2) is 6.72. The van der Waals surface area contributed by atoms with Crippen molar-refractivity contribution in [3.8, 4) is 22.6 Å². The molecule has 0 aromatic carbocycles. The minimum Gasteiger partial charge on any atom is -0.377 e. The molecule has 1 N–H and O–H groups in total. The van der Waals surface area contributed by atoms with Gasteiger partial charge >= 0.3 is 0 Å². The quantitative estimate of drug-likeness (QED) is 0.593. The molecule has 5 heterocycles. The lowest BCUT2D eigenvalue weighted by molar-refractivity contribution is 0.0986. The van der Waals surface area contributed by atoms with Crippen molar-refractivity contribution in [2.75, 3.05) is 24.7 Å². The van der Waals surface area contributed by atoms with Crippen molar-refractivity contribution < 1.29 is 4.74 Å². The van der Waals surface area contributed by atoms with Crippen LogP contribution in [-0.4, -0.2) is 55.5 Å². The molecule has 1 saturated heterocycles. The summed E-state index contributed by atoms with van der Waals surface area (Å²) < 4.78 is 7.64. The van der Waals surface area contributed by atoms with E-state index in [1.54, 1.807) is 6.20 Å². The number of rotatable bonds is 3. The van der Waals surface area contributed by atoms with Gasteiger partial charge in [0.25, 0.3) is 0 Å². The summed E-state index contributed by atoms with van der Waals surface area (Å²) >= 11 is 0. The van der Waals surface area contributed by atoms with Crippen LogP contribution < -0.4 is 4.90 Å². The molecule has 8 heteroatoms. The molecule has 0 amide bonds. The number of hydrogen-bond donors (Lipinski definition) is 1. The van der Waals surface area contributed by atoms with Gasteiger partial charge < -0.3 is 14.2 Å². The summed E-state index contributed by atoms with van der Waals surface area (Å²) in [6.45, 7) is 4.37. The number of imidazole rings is 1. The molecule has 0 bridgehead atoms. The van der Waals surface area contributed by atoms with Crippen LogP contribution in [0.25, 0.3) is 33.5 Å². The first-order valence-electron chi connectivity index (χ1n) is 9.33. The predicted octanol–water partition coefficient (Wildman–Crippen LogP) is 2.65. The molecule has 142 valence electrons. The molecule has 1 aliphatic rings. The van der Waals surface area contributed by atoms with Crippen LogP contribution in [0, 0.1) is 0 Å². The van der Waals surface area contributed by atoms with Crippen LogP contribution in [0.1, 0.15) is 6.92 Å². The van der Waals surface area contributed by atoms with Crippen LogP contribution in [-0.2, 0) is 11.8 Å².